The average molecular weight is 305 g/mol. The van der Waals surface area contributed by atoms with E-state index in [2.05, 4.69) is 16.9 Å². The lowest BCUT2D eigenvalue weighted by Crippen LogP contribution is -2.00. The van der Waals surface area contributed by atoms with Crippen LogP contribution in [-0.2, 0) is 0 Å². The summed E-state index contributed by atoms with van der Waals surface area (Å²) in [5, 5.41) is 3.21. The van der Waals surface area contributed by atoms with Gasteiger partial charge in [-0.2, -0.15) is 4.39 Å². The van der Waals surface area contributed by atoms with Gasteiger partial charge in [0.15, 0.2) is 0 Å². The fourth-order valence-corrected chi connectivity index (χ4v) is 2.29. The van der Waals surface area contributed by atoms with E-state index >= 15 is 0 Å². The number of nitrogens with two attached hydrogens (primary N) is 1. The van der Waals surface area contributed by atoms with Crippen LogP contribution in [0, 0.1) is 5.95 Å². The summed E-state index contributed by atoms with van der Waals surface area (Å²) < 4.78 is 13.2. The van der Waals surface area contributed by atoms with E-state index < -0.39 is 5.95 Å². The second-order valence-electron chi connectivity index (χ2n) is 5.14. The largest absolute Gasteiger partial charge is 0.397 e. The minimum Gasteiger partial charge on any atom is -0.397 e. The molecule has 0 spiro atoms. The van der Waals surface area contributed by atoms with Crippen molar-refractivity contribution in [3.63, 3.8) is 0 Å². The zero-order chi connectivity index (χ0) is 16.2. The summed E-state index contributed by atoms with van der Waals surface area (Å²) in [5.74, 6) is -0.489. The van der Waals surface area contributed by atoms with E-state index in [0.717, 1.165) is 28.1 Å². The molecule has 3 aromatic rings. The zero-order valence-corrected chi connectivity index (χ0v) is 12.5. The molecule has 1 aromatic heterocycles. The lowest BCUT2D eigenvalue weighted by atomic mass is 10.0. The number of hydrogen-bond acceptors (Lipinski definition) is 3. The number of aromatic nitrogens is 1. The molecule has 1 heterocycles. The highest BCUT2D eigenvalue weighted by molar-refractivity contribution is 5.81. The Morgan fingerprint density at radius 3 is 2.43 bits per heavy atom. The fraction of sp³-hybridized carbons (Fsp3) is 0. The molecule has 0 unspecified atom stereocenters. The van der Waals surface area contributed by atoms with Crippen LogP contribution in [-0.4, -0.2) is 4.98 Å². The van der Waals surface area contributed by atoms with Crippen molar-refractivity contribution in [1.29, 1.82) is 0 Å². The number of nitrogen functional groups attached to an aromatic ring is 1. The summed E-state index contributed by atoms with van der Waals surface area (Å²) in [4.78, 5) is 3.56. The van der Waals surface area contributed by atoms with Crippen molar-refractivity contribution in [3.8, 4) is 11.1 Å². The van der Waals surface area contributed by atoms with Crippen molar-refractivity contribution in [3.05, 3.63) is 85.0 Å². The average Bonchev–Trinajstić information content (AvgIpc) is 2.57. The molecule has 4 heteroatoms. The van der Waals surface area contributed by atoms with Gasteiger partial charge < -0.3 is 11.1 Å². The molecular formula is C19H16FN3. The van der Waals surface area contributed by atoms with Crippen LogP contribution in [0.15, 0.2) is 73.4 Å². The van der Waals surface area contributed by atoms with Crippen LogP contribution in [0.3, 0.4) is 0 Å². The predicted octanol–water partition coefficient (Wildman–Crippen LogP) is 4.55. The van der Waals surface area contributed by atoms with Gasteiger partial charge in [0.25, 0.3) is 0 Å². The van der Waals surface area contributed by atoms with Gasteiger partial charge in [-0.05, 0) is 34.9 Å². The molecule has 3 N–H and O–H groups in total. The maximum Gasteiger partial charge on any atom is 0.213 e. The van der Waals surface area contributed by atoms with Crippen LogP contribution in [0.25, 0.3) is 16.8 Å². The number of halogens is 1. The Morgan fingerprint density at radius 1 is 1.00 bits per heavy atom. The second-order valence-corrected chi connectivity index (χ2v) is 5.14. The number of para-hydroxylation sites is 2. The quantitative estimate of drug-likeness (QED) is 0.549. The van der Waals surface area contributed by atoms with Gasteiger partial charge in [0.2, 0.25) is 5.95 Å². The van der Waals surface area contributed by atoms with Gasteiger partial charge in [0, 0.05) is 18.0 Å². The normalized spacial score (nSPS) is 10.3. The molecule has 0 aliphatic rings. The molecule has 0 fully saturated rings. The van der Waals surface area contributed by atoms with E-state index in [-0.39, 0.29) is 0 Å². The monoisotopic (exact) mass is 305 g/mol. The third-order valence-electron chi connectivity index (χ3n) is 3.54. The highest BCUT2D eigenvalue weighted by atomic mass is 19.1. The number of nitrogens with zero attached hydrogens (tertiary/aromatic N) is 1. The highest BCUT2D eigenvalue weighted by Gasteiger charge is 2.04. The van der Waals surface area contributed by atoms with Crippen molar-refractivity contribution in [2.75, 3.05) is 11.1 Å². The van der Waals surface area contributed by atoms with Crippen LogP contribution >= 0.6 is 0 Å². The van der Waals surface area contributed by atoms with Crippen LogP contribution in [0.4, 0.5) is 15.8 Å². The smallest absolute Gasteiger partial charge is 0.213 e. The molecule has 23 heavy (non-hydrogen) atoms. The molecule has 2 aromatic carbocycles. The SMILES string of the molecule is C=C(Nc1ccccc1N)c1ccc(-c2ccnc(F)c2)cc1. The maximum absolute atomic E-state index is 13.2. The summed E-state index contributed by atoms with van der Waals surface area (Å²) in [6.45, 7) is 4.04. The molecule has 0 saturated heterocycles. The molecule has 114 valence electrons. The summed E-state index contributed by atoms with van der Waals surface area (Å²) in [7, 11) is 0. The van der Waals surface area contributed by atoms with Gasteiger partial charge in [-0.25, -0.2) is 4.98 Å². The minimum atomic E-state index is -0.489. The Balaban J connectivity index is 1.79. The van der Waals surface area contributed by atoms with Gasteiger partial charge in [-0.1, -0.05) is 43.0 Å². The second kappa shape index (κ2) is 6.32. The van der Waals surface area contributed by atoms with E-state index in [0.29, 0.717) is 5.69 Å². The van der Waals surface area contributed by atoms with Gasteiger partial charge in [0.1, 0.15) is 0 Å². The Morgan fingerprint density at radius 2 is 1.74 bits per heavy atom. The number of anilines is 2. The Bertz CT molecular complexity index is 841. The fourth-order valence-electron chi connectivity index (χ4n) is 2.29. The topological polar surface area (TPSA) is 50.9 Å². The number of hydrogen-bond donors (Lipinski definition) is 2. The Hall–Kier alpha value is -3.14. The molecule has 0 bridgehead atoms. The number of nitrogens with one attached hydrogen (secondary N) is 1. The third kappa shape index (κ3) is 3.37. The molecule has 0 saturated carbocycles. The Kier molecular flexibility index (Phi) is 4.06. The molecule has 0 amide bonds. The van der Waals surface area contributed by atoms with Gasteiger partial charge >= 0.3 is 0 Å². The predicted molar refractivity (Wildman–Crippen MR) is 93.1 cm³/mol. The van der Waals surface area contributed by atoms with E-state index in [1.54, 1.807) is 6.07 Å². The van der Waals surface area contributed by atoms with E-state index in [1.165, 1.54) is 12.3 Å². The molecular weight excluding hydrogens is 289 g/mol. The van der Waals surface area contributed by atoms with Gasteiger partial charge in [-0.3, -0.25) is 0 Å². The molecule has 0 aliphatic heterocycles. The summed E-state index contributed by atoms with van der Waals surface area (Å²) in [6.07, 6.45) is 1.46. The number of benzene rings is 2. The van der Waals surface area contributed by atoms with E-state index in [9.17, 15) is 4.39 Å². The van der Waals surface area contributed by atoms with Crippen molar-refractivity contribution in [2.45, 2.75) is 0 Å². The van der Waals surface area contributed by atoms with Crippen LogP contribution in [0.5, 0.6) is 0 Å². The first-order valence-electron chi connectivity index (χ1n) is 7.16. The third-order valence-corrected chi connectivity index (χ3v) is 3.54. The first-order valence-corrected chi connectivity index (χ1v) is 7.16. The Labute approximate surface area is 134 Å². The molecule has 3 nitrogen and oxygen atoms in total. The molecule has 3 rings (SSSR count). The van der Waals surface area contributed by atoms with Crippen LogP contribution in [0.1, 0.15) is 5.56 Å². The minimum absolute atomic E-state index is 0.489. The van der Waals surface area contributed by atoms with Crippen molar-refractivity contribution in [1.82, 2.24) is 4.98 Å². The lowest BCUT2D eigenvalue weighted by molar-refractivity contribution is 0.584. The van der Waals surface area contributed by atoms with E-state index in [4.69, 9.17) is 5.73 Å². The summed E-state index contributed by atoms with van der Waals surface area (Å²) >= 11 is 0. The van der Waals surface area contributed by atoms with Crippen LogP contribution < -0.4 is 11.1 Å². The van der Waals surface area contributed by atoms with Crippen molar-refractivity contribution in [2.24, 2.45) is 0 Å². The van der Waals surface area contributed by atoms with Gasteiger partial charge in [0.05, 0.1) is 11.4 Å². The summed E-state index contributed by atoms with van der Waals surface area (Å²) in [6, 6.07) is 18.4. The molecule has 0 atom stereocenters. The first kappa shape index (κ1) is 14.8. The first-order chi connectivity index (χ1) is 11.1. The zero-order valence-electron chi connectivity index (χ0n) is 12.5. The molecule has 0 aliphatic carbocycles. The lowest BCUT2D eigenvalue weighted by Gasteiger charge is -2.12. The summed E-state index contributed by atoms with van der Waals surface area (Å²) in [5.41, 5.74) is 10.8. The van der Waals surface area contributed by atoms with Crippen molar-refractivity contribution < 1.29 is 4.39 Å². The van der Waals surface area contributed by atoms with Gasteiger partial charge in [-0.15, -0.1) is 0 Å². The standard InChI is InChI=1S/C19H16FN3/c1-13(23-18-5-3-2-4-17(18)21)14-6-8-15(9-7-14)16-10-11-22-19(20)12-16/h2-12,23H,1,21H2. The highest BCUT2D eigenvalue weighted by Crippen LogP contribution is 2.25. The van der Waals surface area contributed by atoms with Crippen LogP contribution in [0.2, 0.25) is 0 Å². The molecule has 0 radical (unpaired) electrons. The van der Waals surface area contributed by atoms with E-state index in [1.807, 2.05) is 48.5 Å². The number of pyridine rings is 1. The van der Waals surface area contributed by atoms with Crippen molar-refractivity contribution >= 4 is 17.1 Å². The number of rotatable bonds is 4. The maximum atomic E-state index is 13.2.